The van der Waals surface area contributed by atoms with Crippen LogP contribution in [0.25, 0.3) is 0 Å². The van der Waals surface area contributed by atoms with Gasteiger partial charge in [0.25, 0.3) is 0 Å². The van der Waals surface area contributed by atoms with Crippen LogP contribution in [0.1, 0.15) is 13.3 Å². The van der Waals surface area contributed by atoms with Crippen LogP contribution < -0.4 is 5.32 Å². The third-order valence-corrected chi connectivity index (χ3v) is 3.28. The average Bonchev–Trinajstić information content (AvgIpc) is 2.24. The molecule has 1 aliphatic heterocycles. The molecule has 86 valence electrons. The first kappa shape index (κ1) is 12.4. The zero-order chi connectivity index (χ0) is 11.3. The summed E-state index contributed by atoms with van der Waals surface area (Å²) in [6, 6.07) is 2.90. The second-order valence-corrected chi connectivity index (χ2v) is 4.39. The smallest absolute Gasteiger partial charge is 0.0962 e. The van der Waals surface area contributed by atoms with Gasteiger partial charge in [0.1, 0.15) is 0 Å². The van der Waals surface area contributed by atoms with Gasteiger partial charge >= 0.3 is 0 Å². The number of nitrogens with one attached hydrogen (secondary N) is 1. The van der Waals surface area contributed by atoms with Gasteiger partial charge < -0.3 is 15.1 Å². The zero-order valence-corrected chi connectivity index (χ0v) is 10.0. The lowest BCUT2D eigenvalue weighted by Crippen LogP contribution is -2.50. The summed E-state index contributed by atoms with van der Waals surface area (Å²) in [5, 5.41) is 11.8. The van der Waals surface area contributed by atoms with Gasteiger partial charge in [-0.05, 0) is 27.4 Å². The molecule has 4 nitrogen and oxygen atoms in total. The van der Waals surface area contributed by atoms with Crippen molar-refractivity contribution in [3.8, 4) is 6.07 Å². The lowest BCUT2D eigenvalue weighted by Gasteiger charge is -2.37. The summed E-state index contributed by atoms with van der Waals surface area (Å²) in [5.41, 5.74) is 0. The highest BCUT2D eigenvalue weighted by molar-refractivity contribution is 4.89. The molecule has 0 radical (unpaired) electrons. The van der Waals surface area contributed by atoms with E-state index >= 15 is 0 Å². The number of hydrogen-bond acceptors (Lipinski definition) is 4. The molecule has 0 spiro atoms. The minimum atomic E-state index is -0.0000350. The highest BCUT2D eigenvalue weighted by atomic mass is 15.3. The fourth-order valence-electron chi connectivity index (χ4n) is 1.91. The van der Waals surface area contributed by atoms with Crippen LogP contribution in [0.15, 0.2) is 0 Å². The Balaban J connectivity index is 2.25. The van der Waals surface area contributed by atoms with E-state index in [0.717, 1.165) is 32.6 Å². The fourth-order valence-corrected chi connectivity index (χ4v) is 1.91. The Kier molecular flexibility index (Phi) is 5.03. The molecule has 2 unspecified atom stereocenters. The molecular weight excluding hydrogens is 188 g/mol. The normalized spacial score (nSPS) is 26.1. The number of nitrogens with zero attached hydrogens (tertiary/aromatic N) is 3. The summed E-state index contributed by atoms with van der Waals surface area (Å²) in [6.45, 7) is 6.67. The minimum absolute atomic E-state index is 0.0000350. The highest BCUT2D eigenvalue weighted by Gasteiger charge is 2.20. The van der Waals surface area contributed by atoms with E-state index in [-0.39, 0.29) is 6.04 Å². The predicted octanol–water partition coefficient (Wildman–Crippen LogP) is 0.124. The van der Waals surface area contributed by atoms with Crippen LogP contribution in [0.4, 0.5) is 0 Å². The van der Waals surface area contributed by atoms with Crippen LogP contribution >= 0.6 is 0 Å². The molecule has 0 aromatic rings. The summed E-state index contributed by atoms with van der Waals surface area (Å²) < 4.78 is 0. The molecule has 2 atom stereocenters. The van der Waals surface area contributed by atoms with Gasteiger partial charge in [0, 0.05) is 32.2 Å². The van der Waals surface area contributed by atoms with Crippen LogP contribution in [0.5, 0.6) is 0 Å². The van der Waals surface area contributed by atoms with E-state index in [4.69, 9.17) is 5.26 Å². The van der Waals surface area contributed by atoms with Crippen LogP contribution in [-0.4, -0.2) is 62.2 Å². The van der Waals surface area contributed by atoms with Gasteiger partial charge in [-0.15, -0.1) is 0 Å². The van der Waals surface area contributed by atoms with Crippen molar-refractivity contribution in [2.45, 2.75) is 25.4 Å². The van der Waals surface area contributed by atoms with Crippen LogP contribution in [0.2, 0.25) is 0 Å². The van der Waals surface area contributed by atoms with Crippen LogP contribution in [0.3, 0.4) is 0 Å². The van der Waals surface area contributed by atoms with Crippen molar-refractivity contribution in [3.63, 3.8) is 0 Å². The van der Waals surface area contributed by atoms with Crippen LogP contribution in [0, 0.1) is 11.3 Å². The molecule has 1 saturated heterocycles. The maximum absolute atomic E-state index is 8.81. The Morgan fingerprint density at radius 2 is 2.27 bits per heavy atom. The number of hydrogen-bond donors (Lipinski definition) is 1. The van der Waals surface area contributed by atoms with Gasteiger partial charge in [-0.25, -0.2) is 0 Å². The first-order valence-electron chi connectivity index (χ1n) is 5.67. The molecule has 4 heteroatoms. The van der Waals surface area contributed by atoms with E-state index in [9.17, 15) is 0 Å². The molecule has 0 aromatic heterocycles. The van der Waals surface area contributed by atoms with Gasteiger partial charge in [-0.1, -0.05) is 0 Å². The molecule has 0 amide bonds. The maximum Gasteiger partial charge on any atom is 0.0962 e. The number of piperazine rings is 1. The van der Waals surface area contributed by atoms with Gasteiger partial charge in [0.2, 0.25) is 0 Å². The lowest BCUT2D eigenvalue weighted by atomic mass is 10.1. The van der Waals surface area contributed by atoms with Crippen molar-refractivity contribution in [1.82, 2.24) is 15.1 Å². The monoisotopic (exact) mass is 210 g/mol. The van der Waals surface area contributed by atoms with E-state index in [0.29, 0.717) is 6.04 Å². The molecular formula is C11H22N4. The first-order valence-corrected chi connectivity index (χ1v) is 5.67. The quantitative estimate of drug-likeness (QED) is 0.716. The zero-order valence-electron chi connectivity index (χ0n) is 10.0. The van der Waals surface area contributed by atoms with Gasteiger partial charge in [-0.2, -0.15) is 5.26 Å². The summed E-state index contributed by atoms with van der Waals surface area (Å²) >= 11 is 0. The molecule has 1 fully saturated rings. The summed E-state index contributed by atoms with van der Waals surface area (Å²) in [7, 11) is 4.02. The molecule has 0 aromatic carbocycles. The van der Waals surface area contributed by atoms with Gasteiger partial charge in [0.05, 0.1) is 12.1 Å². The summed E-state index contributed by atoms with van der Waals surface area (Å²) in [5.74, 6) is 0. The fraction of sp³-hybridized carbons (Fsp3) is 0.909. The SMILES string of the molecule is CNC(C#N)CCN1CCN(C)C(C)C1. The van der Waals surface area contributed by atoms with E-state index in [1.165, 1.54) is 0 Å². The Morgan fingerprint density at radius 3 is 2.80 bits per heavy atom. The van der Waals surface area contributed by atoms with E-state index < -0.39 is 0 Å². The summed E-state index contributed by atoms with van der Waals surface area (Å²) in [6.07, 6.45) is 0.920. The third-order valence-electron chi connectivity index (χ3n) is 3.28. The lowest BCUT2D eigenvalue weighted by molar-refractivity contribution is 0.103. The van der Waals surface area contributed by atoms with Gasteiger partial charge in [0.15, 0.2) is 0 Å². The Hall–Kier alpha value is -0.630. The molecule has 1 rings (SSSR count). The third kappa shape index (κ3) is 3.78. The molecule has 0 bridgehead atoms. The largest absolute Gasteiger partial charge is 0.305 e. The van der Waals surface area contributed by atoms with Gasteiger partial charge in [-0.3, -0.25) is 0 Å². The molecule has 15 heavy (non-hydrogen) atoms. The van der Waals surface area contributed by atoms with Crippen molar-refractivity contribution < 1.29 is 0 Å². The molecule has 1 N–H and O–H groups in total. The highest BCUT2D eigenvalue weighted by Crippen LogP contribution is 2.07. The van der Waals surface area contributed by atoms with E-state index in [1.807, 2.05) is 7.05 Å². The topological polar surface area (TPSA) is 42.3 Å². The number of nitriles is 1. The van der Waals surface area contributed by atoms with Crippen molar-refractivity contribution in [2.24, 2.45) is 0 Å². The maximum atomic E-state index is 8.81. The standard InChI is InChI=1S/C11H22N4/c1-10-9-15(7-6-14(10)3)5-4-11(8-12)13-2/h10-11,13H,4-7,9H2,1-3H3. The molecule has 0 aliphatic carbocycles. The number of rotatable bonds is 4. The Labute approximate surface area is 92.8 Å². The Morgan fingerprint density at radius 1 is 1.53 bits per heavy atom. The molecule has 1 heterocycles. The van der Waals surface area contributed by atoms with Crippen molar-refractivity contribution in [1.29, 1.82) is 5.26 Å². The second kappa shape index (κ2) is 6.06. The first-order chi connectivity index (χ1) is 7.17. The average molecular weight is 210 g/mol. The minimum Gasteiger partial charge on any atom is -0.305 e. The van der Waals surface area contributed by atoms with E-state index in [2.05, 4.69) is 35.2 Å². The Bertz CT molecular complexity index is 223. The predicted molar refractivity (Wildman–Crippen MR) is 61.6 cm³/mol. The van der Waals surface area contributed by atoms with Crippen molar-refractivity contribution in [3.05, 3.63) is 0 Å². The van der Waals surface area contributed by atoms with Crippen molar-refractivity contribution in [2.75, 3.05) is 40.3 Å². The number of likely N-dealkylation sites (N-methyl/N-ethyl adjacent to an activating group) is 1. The summed E-state index contributed by atoms with van der Waals surface area (Å²) in [4.78, 5) is 4.84. The van der Waals surface area contributed by atoms with Crippen LogP contribution in [-0.2, 0) is 0 Å². The van der Waals surface area contributed by atoms with E-state index in [1.54, 1.807) is 0 Å². The second-order valence-electron chi connectivity index (χ2n) is 4.39. The van der Waals surface area contributed by atoms with Crippen molar-refractivity contribution >= 4 is 0 Å². The molecule has 0 saturated carbocycles. The molecule has 1 aliphatic rings.